The molecule has 0 aliphatic heterocycles. The summed E-state index contributed by atoms with van der Waals surface area (Å²) in [6.45, 7) is 1.97. The zero-order chi connectivity index (χ0) is 12.4. The number of aryl methyl sites for hydroxylation is 1. The van der Waals surface area contributed by atoms with Crippen LogP contribution in [0.1, 0.15) is 5.56 Å². The number of benzene rings is 2. The Morgan fingerprint density at radius 1 is 0.941 bits per heavy atom. The number of rotatable bonds is 2. The Balaban J connectivity index is 2.38. The fourth-order valence-corrected chi connectivity index (χ4v) is 2.24. The van der Waals surface area contributed by atoms with Gasteiger partial charge < -0.3 is 5.32 Å². The topological polar surface area (TPSA) is 12.0 Å². The number of anilines is 2. The van der Waals surface area contributed by atoms with Gasteiger partial charge in [0.15, 0.2) is 0 Å². The van der Waals surface area contributed by atoms with Crippen LogP contribution in [0.3, 0.4) is 0 Å². The number of para-hydroxylation sites is 1. The minimum absolute atomic E-state index is 0.590. The van der Waals surface area contributed by atoms with Gasteiger partial charge in [-0.3, -0.25) is 0 Å². The molecule has 0 aromatic heterocycles. The third-order valence-electron chi connectivity index (χ3n) is 2.41. The molecule has 0 unspecified atom stereocenters. The van der Waals surface area contributed by atoms with Crippen LogP contribution in [0.5, 0.6) is 0 Å². The van der Waals surface area contributed by atoms with E-state index in [0.29, 0.717) is 20.8 Å². The first-order valence-corrected chi connectivity index (χ1v) is 6.18. The Bertz CT molecular complexity index is 532. The Hall–Kier alpha value is -0.890. The van der Waals surface area contributed by atoms with Crippen molar-refractivity contribution in [2.24, 2.45) is 0 Å². The lowest BCUT2D eigenvalue weighted by Crippen LogP contribution is -1.94. The predicted octanol–water partition coefficient (Wildman–Crippen LogP) is 5.70. The molecular weight excluding hydrogens is 277 g/mol. The van der Waals surface area contributed by atoms with Gasteiger partial charge in [0.05, 0.1) is 15.7 Å². The highest BCUT2D eigenvalue weighted by Gasteiger charge is 2.07. The smallest absolute Gasteiger partial charge is 0.0762 e. The molecule has 0 fully saturated rings. The molecule has 88 valence electrons. The summed E-state index contributed by atoms with van der Waals surface area (Å²) in [5.74, 6) is 0. The van der Waals surface area contributed by atoms with Gasteiger partial charge in [-0.2, -0.15) is 0 Å². The van der Waals surface area contributed by atoms with E-state index in [0.717, 1.165) is 11.3 Å². The van der Waals surface area contributed by atoms with E-state index in [1.165, 1.54) is 0 Å². The van der Waals surface area contributed by atoms with Crippen LogP contribution in [0.4, 0.5) is 11.4 Å². The fourth-order valence-electron chi connectivity index (χ4n) is 1.52. The van der Waals surface area contributed by atoms with Crippen molar-refractivity contribution >= 4 is 46.2 Å². The van der Waals surface area contributed by atoms with Crippen molar-refractivity contribution in [2.75, 3.05) is 5.32 Å². The van der Waals surface area contributed by atoms with Gasteiger partial charge in [0.25, 0.3) is 0 Å². The number of hydrogen-bond acceptors (Lipinski definition) is 1. The van der Waals surface area contributed by atoms with Crippen LogP contribution in [0.2, 0.25) is 15.1 Å². The minimum atomic E-state index is 0.590. The second kappa shape index (κ2) is 5.18. The standard InChI is InChI=1S/C13H10Cl3N/c1-8-7-9(14)5-6-12(8)17-13-10(15)3-2-4-11(13)16/h2-7,17H,1H3. The second-order valence-electron chi connectivity index (χ2n) is 3.68. The van der Waals surface area contributed by atoms with E-state index in [4.69, 9.17) is 34.8 Å². The van der Waals surface area contributed by atoms with E-state index in [1.54, 1.807) is 12.1 Å². The first-order chi connectivity index (χ1) is 8.08. The lowest BCUT2D eigenvalue weighted by atomic mass is 10.2. The van der Waals surface area contributed by atoms with Gasteiger partial charge in [-0.1, -0.05) is 40.9 Å². The number of halogens is 3. The molecule has 1 N–H and O–H groups in total. The van der Waals surface area contributed by atoms with Gasteiger partial charge in [0.2, 0.25) is 0 Å². The van der Waals surface area contributed by atoms with Crippen LogP contribution in [0, 0.1) is 6.92 Å². The van der Waals surface area contributed by atoms with Crippen LogP contribution in [-0.4, -0.2) is 0 Å². The van der Waals surface area contributed by atoms with Crippen molar-refractivity contribution in [3.05, 3.63) is 57.0 Å². The summed E-state index contributed by atoms with van der Waals surface area (Å²) >= 11 is 18.1. The maximum Gasteiger partial charge on any atom is 0.0762 e. The van der Waals surface area contributed by atoms with Crippen LogP contribution in [0.15, 0.2) is 36.4 Å². The molecule has 0 amide bonds. The third-order valence-corrected chi connectivity index (χ3v) is 3.28. The third kappa shape index (κ3) is 2.86. The maximum absolute atomic E-state index is 6.09. The van der Waals surface area contributed by atoms with E-state index in [9.17, 15) is 0 Å². The Morgan fingerprint density at radius 2 is 1.59 bits per heavy atom. The quantitative estimate of drug-likeness (QED) is 0.747. The molecule has 0 aliphatic carbocycles. The molecular formula is C13H10Cl3N. The summed E-state index contributed by atoms with van der Waals surface area (Å²) < 4.78 is 0. The van der Waals surface area contributed by atoms with Crippen LogP contribution >= 0.6 is 34.8 Å². The van der Waals surface area contributed by atoms with Gasteiger partial charge in [0, 0.05) is 10.7 Å². The van der Waals surface area contributed by atoms with Crippen molar-refractivity contribution in [1.82, 2.24) is 0 Å². The van der Waals surface area contributed by atoms with Gasteiger partial charge in [-0.05, 0) is 42.8 Å². The summed E-state index contributed by atoms with van der Waals surface area (Å²) in [6.07, 6.45) is 0. The Kier molecular flexibility index (Phi) is 3.82. The average Bonchev–Trinajstić information content (AvgIpc) is 2.26. The molecule has 1 nitrogen and oxygen atoms in total. The molecule has 0 radical (unpaired) electrons. The SMILES string of the molecule is Cc1cc(Cl)ccc1Nc1c(Cl)cccc1Cl. The molecule has 4 heteroatoms. The Labute approximate surface area is 115 Å². The molecule has 0 saturated carbocycles. The first-order valence-electron chi connectivity index (χ1n) is 5.05. The molecule has 2 rings (SSSR count). The summed E-state index contributed by atoms with van der Waals surface area (Å²) in [5, 5.41) is 5.10. The van der Waals surface area contributed by atoms with E-state index < -0.39 is 0 Å². The molecule has 0 heterocycles. The number of nitrogens with one attached hydrogen (secondary N) is 1. The highest BCUT2D eigenvalue weighted by molar-refractivity contribution is 6.39. The molecule has 0 bridgehead atoms. The second-order valence-corrected chi connectivity index (χ2v) is 4.93. The monoisotopic (exact) mass is 285 g/mol. The van der Waals surface area contributed by atoms with Crippen molar-refractivity contribution in [3.8, 4) is 0 Å². The minimum Gasteiger partial charge on any atom is -0.353 e. The summed E-state index contributed by atoms with van der Waals surface area (Å²) in [5.41, 5.74) is 2.68. The lowest BCUT2D eigenvalue weighted by Gasteiger charge is -2.12. The predicted molar refractivity (Wildman–Crippen MR) is 75.9 cm³/mol. The van der Waals surface area contributed by atoms with E-state index in [-0.39, 0.29) is 0 Å². The summed E-state index contributed by atoms with van der Waals surface area (Å²) in [6, 6.07) is 11.0. The highest BCUT2D eigenvalue weighted by Crippen LogP contribution is 2.33. The first kappa shape index (κ1) is 12.6. The molecule has 0 saturated heterocycles. The normalized spacial score (nSPS) is 10.4. The van der Waals surface area contributed by atoms with Crippen LogP contribution < -0.4 is 5.32 Å². The average molecular weight is 287 g/mol. The van der Waals surface area contributed by atoms with Crippen LogP contribution in [0.25, 0.3) is 0 Å². The van der Waals surface area contributed by atoms with E-state index >= 15 is 0 Å². The van der Waals surface area contributed by atoms with Gasteiger partial charge in [-0.25, -0.2) is 0 Å². The Morgan fingerprint density at radius 3 is 2.18 bits per heavy atom. The lowest BCUT2D eigenvalue weighted by molar-refractivity contribution is 1.43. The zero-order valence-corrected chi connectivity index (χ0v) is 11.4. The molecule has 2 aromatic rings. The molecule has 0 spiro atoms. The van der Waals surface area contributed by atoms with Crippen molar-refractivity contribution in [2.45, 2.75) is 6.92 Å². The van der Waals surface area contributed by atoms with Crippen molar-refractivity contribution in [1.29, 1.82) is 0 Å². The van der Waals surface area contributed by atoms with Crippen molar-refractivity contribution < 1.29 is 0 Å². The van der Waals surface area contributed by atoms with Gasteiger partial charge in [-0.15, -0.1) is 0 Å². The zero-order valence-electron chi connectivity index (χ0n) is 9.10. The van der Waals surface area contributed by atoms with Gasteiger partial charge >= 0.3 is 0 Å². The van der Waals surface area contributed by atoms with Crippen LogP contribution in [-0.2, 0) is 0 Å². The largest absolute Gasteiger partial charge is 0.353 e. The molecule has 17 heavy (non-hydrogen) atoms. The van der Waals surface area contributed by atoms with Gasteiger partial charge in [0.1, 0.15) is 0 Å². The molecule has 0 atom stereocenters. The molecule has 2 aromatic carbocycles. The fraction of sp³-hybridized carbons (Fsp3) is 0.0769. The summed E-state index contributed by atoms with van der Waals surface area (Å²) in [7, 11) is 0. The maximum atomic E-state index is 6.09. The van der Waals surface area contributed by atoms with Crippen molar-refractivity contribution in [3.63, 3.8) is 0 Å². The van der Waals surface area contributed by atoms with E-state index in [1.807, 2.05) is 31.2 Å². The highest BCUT2D eigenvalue weighted by atomic mass is 35.5. The van der Waals surface area contributed by atoms with E-state index in [2.05, 4.69) is 5.32 Å². The molecule has 0 aliphatic rings. The number of hydrogen-bond donors (Lipinski definition) is 1. The summed E-state index contributed by atoms with van der Waals surface area (Å²) in [4.78, 5) is 0.